The lowest BCUT2D eigenvalue weighted by Crippen LogP contribution is -2.14. The second-order valence-electron chi connectivity index (χ2n) is 14.9. The molecule has 4 nitrogen and oxygen atoms in total. The van der Waals surface area contributed by atoms with Crippen LogP contribution in [-0.4, -0.2) is 18.5 Å². The number of carbonyl (C=O) groups is 2. The van der Waals surface area contributed by atoms with Crippen molar-refractivity contribution >= 4 is 11.9 Å². The Kier molecular flexibility index (Phi) is 16.4. The molecular formula is C42H64O4. The van der Waals surface area contributed by atoms with Gasteiger partial charge in [0.1, 0.15) is 5.75 Å². The molecule has 1 aliphatic heterocycles. The van der Waals surface area contributed by atoms with Gasteiger partial charge >= 0.3 is 11.9 Å². The first kappa shape index (κ1) is 37.8. The van der Waals surface area contributed by atoms with E-state index in [1.54, 1.807) is 0 Å². The monoisotopic (exact) mass is 632 g/mol. The summed E-state index contributed by atoms with van der Waals surface area (Å²) in [6, 6.07) is 10.6. The first-order valence-electron chi connectivity index (χ1n) is 18.7. The zero-order valence-corrected chi connectivity index (χ0v) is 30.2. The zero-order valence-electron chi connectivity index (χ0n) is 30.2. The van der Waals surface area contributed by atoms with Crippen LogP contribution >= 0.6 is 0 Å². The Labute approximate surface area is 281 Å². The molecule has 0 spiro atoms. The van der Waals surface area contributed by atoms with E-state index in [1.807, 2.05) is 0 Å². The van der Waals surface area contributed by atoms with Crippen molar-refractivity contribution in [1.82, 2.24) is 0 Å². The summed E-state index contributed by atoms with van der Waals surface area (Å²) in [4.78, 5) is 25.7. The van der Waals surface area contributed by atoms with Gasteiger partial charge in [0.05, 0.1) is 12.5 Å². The molecule has 46 heavy (non-hydrogen) atoms. The summed E-state index contributed by atoms with van der Waals surface area (Å²) >= 11 is 0. The van der Waals surface area contributed by atoms with E-state index in [0.717, 1.165) is 35.1 Å². The van der Waals surface area contributed by atoms with Gasteiger partial charge in [0.2, 0.25) is 0 Å². The SMILES string of the molecule is CCCCCCCCCCCCCCCCCCOC(=O)CCc1cc2c(c(C(C)(C)C)c1)OC(=O)C2Cc1ccc(C)c(C)c1. The van der Waals surface area contributed by atoms with Crippen LogP contribution in [0.15, 0.2) is 30.3 Å². The number of unbranched alkanes of at least 4 members (excludes halogenated alkanes) is 15. The highest BCUT2D eigenvalue weighted by atomic mass is 16.5. The summed E-state index contributed by atoms with van der Waals surface area (Å²) in [6.07, 6.45) is 22.9. The van der Waals surface area contributed by atoms with E-state index >= 15 is 0 Å². The van der Waals surface area contributed by atoms with Crippen molar-refractivity contribution in [3.8, 4) is 5.75 Å². The molecule has 0 saturated carbocycles. The van der Waals surface area contributed by atoms with Gasteiger partial charge in [-0.25, -0.2) is 0 Å². The Bertz CT molecular complexity index is 1220. The van der Waals surface area contributed by atoms with Gasteiger partial charge in [0.15, 0.2) is 0 Å². The molecule has 2 aromatic carbocycles. The largest absolute Gasteiger partial charge is 0.466 e. The molecule has 0 fully saturated rings. The zero-order chi connectivity index (χ0) is 33.4. The lowest BCUT2D eigenvalue weighted by molar-refractivity contribution is -0.143. The van der Waals surface area contributed by atoms with Crippen LogP contribution in [0.2, 0.25) is 0 Å². The third-order valence-electron chi connectivity index (χ3n) is 9.74. The first-order chi connectivity index (χ1) is 22.1. The third kappa shape index (κ3) is 12.9. The number of rotatable bonds is 22. The lowest BCUT2D eigenvalue weighted by atomic mass is 9.81. The first-order valence-corrected chi connectivity index (χ1v) is 18.7. The van der Waals surface area contributed by atoms with Gasteiger partial charge in [-0.2, -0.15) is 0 Å². The summed E-state index contributed by atoms with van der Waals surface area (Å²) in [5.41, 5.74) is 6.46. The van der Waals surface area contributed by atoms with Crippen LogP contribution in [0.25, 0.3) is 0 Å². The molecule has 1 aliphatic rings. The number of carbonyl (C=O) groups excluding carboxylic acids is 2. The van der Waals surface area contributed by atoms with Gasteiger partial charge in [-0.15, -0.1) is 0 Å². The minimum absolute atomic E-state index is 0.141. The number of ether oxygens (including phenoxy) is 2. The van der Waals surface area contributed by atoms with E-state index in [-0.39, 0.29) is 23.3 Å². The van der Waals surface area contributed by atoms with Gasteiger partial charge in [-0.3, -0.25) is 9.59 Å². The van der Waals surface area contributed by atoms with Crippen LogP contribution in [0.1, 0.15) is 176 Å². The summed E-state index contributed by atoms with van der Waals surface area (Å²) in [5.74, 6) is 0.0491. The van der Waals surface area contributed by atoms with E-state index in [9.17, 15) is 9.59 Å². The topological polar surface area (TPSA) is 52.6 Å². The highest BCUT2D eigenvalue weighted by molar-refractivity contribution is 5.87. The van der Waals surface area contributed by atoms with Crippen LogP contribution in [0.4, 0.5) is 0 Å². The molecule has 256 valence electrons. The standard InChI is InChI=1S/C42H64O4/c1-7-8-9-10-11-12-13-14-15-16-17-18-19-20-21-22-27-45-39(43)26-25-35-29-36-37(30-34-24-23-32(2)33(3)28-34)41(44)46-40(36)38(31-35)42(4,5)6/h23-24,28-29,31,37H,7-22,25-27,30H2,1-6H3. The van der Waals surface area contributed by atoms with Gasteiger partial charge in [-0.1, -0.05) is 154 Å². The van der Waals surface area contributed by atoms with Crippen LogP contribution in [0.3, 0.4) is 0 Å². The number of fused-ring (bicyclic) bond motifs is 1. The average Bonchev–Trinajstić information content (AvgIpc) is 3.32. The van der Waals surface area contributed by atoms with E-state index in [4.69, 9.17) is 9.47 Å². The molecule has 1 atom stereocenters. The van der Waals surface area contributed by atoms with Crippen molar-refractivity contribution in [2.75, 3.05) is 6.61 Å². The maximum absolute atomic E-state index is 13.1. The molecule has 0 saturated heterocycles. The minimum atomic E-state index is -0.333. The average molecular weight is 633 g/mol. The van der Waals surface area contributed by atoms with E-state index in [1.165, 1.54) is 101 Å². The molecule has 2 aromatic rings. The van der Waals surface area contributed by atoms with Crippen LogP contribution in [0.5, 0.6) is 5.75 Å². The molecular weight excluding hydrogens is 568 g/mol. The lowest BCUT2D eigenvalue weighted by Gasteiger charge is -2.23. The molecule has 0 radical (unpaired) electrons. The number of hydrogen-bond acceptors (Lipinski definition) is 4. The third-order valence-corrected chi connectivity index (χ3v) is 9.74. The summed E-state index contributed by atoms with van der Waals surface area (Å²) in [5, 5.41) is 0. The summed E-state index contributed by atoms with van der Waals surface area (Å²) in [6.45, 7) is 13.4. The predicted molar refractivity (Wildman–Crippen MR) is 192 cm³/mol. The van der Waals surface area contributed by atoms with Gasteiger partial charge in [-0.05, 0) is 60.8 Å². The fraction of sp³-hybridized carbons (Fsp3) is 0.667. The number of aryl methyl sites for hydroxylation is 3. The molecule has 0 amide bonds. The smallest absolute Gasteiger partial charge is 0.319 e. The molecule has 0 bridgehead atoms. The maximum atomic E-state index is 13.1. The molecule has 0 aliphatic carbocycles. The van der Waals surface area contributed by atoms with Gasteiger partial charge in [0, 0.05) is 17.5 Å². The van der Waals surface area contributed by atoms with Crippen molar-refractivity contribution in [3.05, 3.63) is 63.7 Å². The maximum Gasteiger partial charge on any atom is 0.319 e. The molecule has 0 N–H and O–H groups in total. The van der Waals surface area contributed by atoms with Crippen LogP contribution < -0.4 is 4.74 Å². The van der Waals surface area contributed by atoms with Crippen molar-refractivity contribution in [2.24, 2.45) is 0 Å². The second kappa shape index (κ2) is 19.9. The molecule has 4 heteroatoms. The molecule has 1 heterocycles. The fourth-order valence-corrected chi connectivity index (χ4v) is 6.60. The van der Waals surface area contributed by atoms with Crippen molar-refractivity contribution in [2.45, 2.75) is 175 Å². The van der Waals surface area contributed by atoms with Crippen molar-refractivity contribution < 1.29 is 19.1 Å². The number of benzene rings is 2. The highest BCUT2D eigenvalue weighted by Gasteiger charge is 2.37. The molecule has 3 rings (SSSR count). The molecule has 0 aromatic heterocycles. The Morgan fingerprint density at radius 3 is 1.85 bits per heavy atom. The van der Waals surface area contributed by atoms with Crippen molar-refractivity contribution in [3.63, 3.8) is 0 Å². The number of hydrogen-bond donors (Lipinski definition) is 0. The van der Waals surface area contributed by atoms with Crippen LogP contribution in [-0.2, 0) is 32.6 Å². The van der Waals surface area contributed by atoms with Crippen molar-refractivity contribution in [1.29, 1.82) is 0 Å². The van der Waals surface area contributed by atoms with E-state index in [0.29, 0.717) is 31.6 Å². The molecule has 1 unspecified atom stereocenters. The predicted octanol–water partition coefficient (Wildman–Crippen LogP) is 11.6. The second-order valence-corrected chi connectivity index (χ2v) is 14.9. The highest BCUT2D eigenvalue weighted by Crippen LogP contribution is 2.44. The van der Waals surface area contributed by atoms with E-state index in [2.05, 4.69) is 71.9 Å². The normalized spacial score (nSPS) is 14.4. The van der Waals surface area contributed by atoms with Gasteiger partial charge in [0.25, 0.3) is 0 Å². The number of esters is 2. The van der Waals surface area contributed by atoms with E-state index < -0.39 is 0 Å². The Hall–Kier alpha value is -2.62. The quantitative estimate of drug-likeness (QED) is 0.0736. The van der Waals surface area contributed by atoms with Crippen LogP contribution in [0, 0.1) is 13.8 Å². The van der Waals surface area contributed by atoms with Gasteiger partial charge < -0.3 is 9.47 Å². The Balaban J connectivity index is 1.34. The minimum Gasteiger partial charge on any atom is -0.466 e. The Morgan fingerprint density at radius 1 is 0.739 bits per heavy atom. The summed E-state index contributed by atoms with van der Waals surface area (Å²) < 4.78 is 11.5. The summed E-state index contributed by atoms with van der Waals surface area (Å²) in [7, 11) is 0. The Morgan fingerprint density at radius 2 is 1.30 bits per heavy atom. The fourth-order valence-electron chi connectivity index (χ4n) is 6.60.